The van der Waals surface area contributed by atoms with Crippen molar-refractivity contribution < 1.29 is 5.11 Å². The predicted octanol–water partition coefficient (Wildman–Crippen LogP) is 4.21. The molecule has 0 unspecified atom stereocenters. The Bertz CT molecular complexity index is 617. The molecule has 0 aliphatic carbocycles. The van der Waals surface area contributed by atoms with E-state index in [1.54, 1.807) is 24.3 Å². The molecule has 0 atom stereocenters. The van der Waals surface area contributed by atoms with Gasteiger partial charge in [0.05, 0.1) is 5.69 Å². The molecule has 0 aliphatic rings. The molecule has 0 spiro atoms. The number of halogens is 3. The Kier molecular flexibility index (Phi) is 6.70. The molecule has 0 fully saturated rings. The van der Waals surface area contributed by atoms with Gasteiger partial charge in [-0.05, 0) is 36.6 Å². The Labute approximate surface area is 144 Å². The average Bonchev–Trinajstić information content (AvgIpc) is 2.47. The smallest absolute Gasteiger partial charge is 0.224 e. The summed E-state index contributed by atoms with van der Waals surface area (Å²) < 4.78 is 0. The molecule has 1 heterocycles. The number of anilines is 1. The first kappa shape index (κ1) is 17.3. The fraction of sp³-hybridized carbons (Fsp3) is 0.333. The van der Waals surface area contributed by atoms with E-state index in [1.165, 1.54) is 0 Å². The van der Waals surface area contributed by atoms with Crippen molar-refractivity contribution in [2.75, 3.05) is 18.5 Å². The summed E-state index contributed by atoms with van der Waals surface area (Å²) in [5.41, 5.74) is 1.55. The molecule has 4 nitrogen and oxygen atoms in total. The normalized spacial score (nSPS) is 10.7. The minimum Gasteiger partial charge on any atom is -0.396 e. The van der Waals surface area contributed by atoms with Gasteiger partial charge in [-0.15, -0.1) is 0 Å². The van der Waals surface area contributed by atoms with Crippen molar-refractivity contribution in [3.63, 3.8) is 0 Å². The zero-order chi connectivity index (χ0) is 15.9. The molecule has 1 aromatic heterocycles. The first-order valence-electron chi connectivity index (χ1n) is 6.91. The van der Waals surface area contributed by atoms with Crippen molar-refractivity contribution in [3.05, 3.63) is 50.7 Å². The molecular weight excluding hydrogens is 345 g/mol. The number of unbranched alkanes of at least 4 members (excludes halogenated alkanes) is 1. The molecule has 118 valence electrons. The lowest BCUT2D eigenvalue weighted by Crippen LogP contribution is -2.08. The van der Waals surface area contributed by atoms with Gasteiger partial charge in [-0.1, -0.05) is 40.9 Å². The Balaban J connectivity index is 2.12. The highest BCUT2D eigenvalue weighted by Crippen LogP contribution is 2.27. The van der Waals surface area contributed by atoms with Crippen molar-refractivity contribution in [2.24, 2.45) is 0 Å². The van der Waals surface area contributed by atoms with Gasteiger partial charge in [0.2, 0.25) is 5.95 Å². The van der Waals surface area contributed by atoms with Crippen LogP contribution < -0.4 is 5.32 Å². The number of nitrogens with one attached hydrogen (secondary N) is 1. The number of aliphatic hydroxyl groups excluding tert-OH is 1. The van der Waals surface area contributed by atoms with Crippen LogP contribution in [-0.2, 0) is 6.42 Å². The average molecular weight is 361 g/mol. The maximum Gasteiger partial charge on any atom is 0.224 e. The van der Waals surface area contributed by atoms with Gasteiger partial charge < -0.3 is 10.4 Å². The fourth-order valence-corrected chi connectivity index (χ4v) is 2.69. The standard InChI is InChI=1S/C15H16Cl3N3O/c16-12-4-3-5-13(17)11(12)8-10-9-14(18)21-15(20-10)19-6-1-2-7-22/h3-5,9,22H,1-2,6-8H2,(H,19,20,21). The third kappa shape index (κ3) is 4.99. The second kappa shape index (κ2) is 8.53. The van der Waals surface area contributed by atoms with E-state index < -0.39 is 0 Å². The fourth-order valence-electron chi connectivity index (χ4n) is 1.95. The van der Waals surface area contributed by atoms with Crippen molar-refractivity contribution >= 4 is 40.8 Å². The van der Waals surface area contributed by atoms with Crippen LogP contribution in [-0.4, -0.2) is 28.2 Å². The van der Waals surface area contributed by atoms with Crippen LogP contribution in [0.3, 0.4) is 0 Å². The van der Waals surface area contributed by atoms with Crippen LogP contribution in [0.1, 0.15) is 24.1 Å². The minimum atomic E-state index is 0.175. The number of rotatable bonds is 7. The number of nitrogens with zero attached hydrogens (tertiary/aromatic N) is 2. The summed E-state index contributed by atoms with van der Waals surface area (Å²) in [4.78, 5) is 8.55. The minimum absolute atomic E-state index is 0.175. The van der Waals surface area contributed by atoms with E-state index in [0.29, 0.717) is 34.1 Å². The van der Waals surface area contributed by atoms with E-state index in [9.17, 15) is 0 Å². The zero-order valence-corrected chi connectivity index (χ0v) is 14.1. The second-order valence-electron chi connectivity index (χ2n) is 4.74. The second-order valence-corrected chi connectivity index (χ2v) is 5.94. The molecule has 0 aliphatic heterocycles. The third-order valence-electron chi connectivity index (χ3n) is 3.04. The van der Waals surface area contributed by atoms with Crippen LogP contribution in [0, 0.1) is 0 Å². The molecule has 22 heavy (non-hydrogen) atoms. The molecule has 0 amide bonds. The molecule has 1 aromatic carbocycles. The summed E-state index contributed by atoms with van der Waals surface area (Å²) in [5.74, 6) is 0.462. The van der Waals surface area contributed by atoms with Crippen LogP contribution in [0.4, 0.5) is 5.95 Å². The van der Waals surface area contributed by atoms with E-state index in [0.717, 1.165) is 24.1 Å². The first-order valence-corrected chi connectivity index (χ1v) is 8.04. The van der Waals surface area contributed by atoms with Gasteiger partial charge in [-0.2, -0.15) is 0 Å². The zero-order valence-electron chi connectivity index (χ0n) is 11.8. The largest absolute Gasteiger partial charge is 0.396 e. The highest BCUT2D eigenvalue weighted by Gasteiger charge is 2.10. The van der Waals surface area contributed by atoms with Gasteiger partial charge in [0.1, 0.15) is 5.15 Å². The SMILES string of the molecule is OCCCCNc1nc(Cl)cc(Cc2c(Cl)cccc2Cl)n1. The number of hydrogen-bond acceptors (Lipinski definition) is 4. The molecule has 7 heteroatoms. The van der Waals surface area contributed by atoms with Gasteiger partial charge in [0.25, 0.3) is 0 Å². The number of hydrogen-bond donors (Lipinski definition) is 2. The van der Waals surface area contributed by atoms with Crippen molar-refractivity contribution in [1.82, 2.24) is 9.97 Å². The van der Waals surface area contributed by atoms with Gasteiger partial charge in [0.15, 0.2) is 0 Å². The molecule has 2 rings (SSSR count). The Morgan fingerprint density at radius 2 is 1.77 bits per heavy atom. The summed E-state index contributed by atoms with van der Waals surface area (Å²) in [6.45, 7) is 0.849. The lowest BCUT2D eigenvalue weighted by molar-refractivity contribution is 0.286. The molecule has 0 saturated carbocycles. The molecule has 2 aromatic rings. The Morgan fingerprint density at radius 3 is 2.45 bits per heavy atom. The number of aromatic nitrogens is 2. The van der Waals surface area contributed by atoms with Crippen LogP contribution in [0.2, 0.25) is 15.2 Å². The summed E-state index contributed by atoms with van der Waals surface area (Å²) >= 11 is 18.4. The lowest BCUT2D eigenvalue weighted by Gasteiger charge is -2.09. The van der Waals surface area contributed by atoms with Gasteiger partial charge >= 0.3 is 0 Å². The van der Waals surface area contributed by atoms with Gasteiger partial charge in [0, 0.05) is 29.6 Å². The highest BCUT2D eigenvalue weighted by molar-refractivity contribution is 6.36. The van der Waals surface area contributed by atoms with Crippen LogP contribution in [0.15, 0.2) is 24.3 Å². The molecule has 0 radical (unpaired) electrons. The molecule has 0 bridgehead atoms. The molecule has 0 saturated heterocycles. The van der Waals surface area contributed by atoms with Crippen molar-refractivity contribution in [3.8, 4) is 0 Å². The molecule has 2 N–H and O–H groups in total. The van der Waals surface area contributed by atoms with Crippen molar-refractivity contribution in [2.45, 2.75) is 19.3 Å². The number of aliphatic hydroxyl groups is 1. The van der Waals surface area contributed by atoms with E-state index in [2.05, 4.69) is 15.3 Å². The van der Waals surface area contributed by atoms with Crippen molar-refractivity contribution in [1.29, 1.82) is 0 Å². The van der Waals surface area contributed by atoms with E-state index >= 15 is 0 Å². The maximum atomic E-state index is 8.76. The lowest BCUT2D eigenvalue weighted by atomic mass is 10.1. The maximum absolute atomic E-state index is 8.76. The predicted molar refractivity (Wildman–Crippen MR) is 91.1 cm³/mol. The summed E-state index contributed by atoms with van der Waals surface area (Å²) in [7, 11) is 0. The van der Waals surface area contributed by atoms with Crippen LogP contribution in [0.5, 0.6) is 0 Å². The van der Waals surface area contributed by atoms with Crippen LogP contribution in [0.25, 0.3) is 0 Å². The summed E-state index contributed by atoms with van der Waals surface area (Å²) in [6.07, 6.45) is 2.04. The molecular formula is C15H16Cl3N3O. The Hall–Kier alpha value is -1.07. The summed E-state index contributed by atoms with van der Waals surface area (Å²) in [6, 6.07) is 7.08. The van der Waals surface area contributed by atoms with Gasteiger partial charge in [-0.3, -0.25) is 0 Å². The van der Waals surface area contributed by atoms with Gasteiger partial charge in [-0.25, -0.2) is 9.97 Å². The topological polar surface area (TPSA) is 58.0 Å². The number of benzene rings is 1. The van der Waals surface area contributed by atoms with E-state index in [4.69, 9.17) is 39.9 Å². The third-order valence-corrected chi connectivity index (χ3v) is 3.94. The highest BCUT2D eigenvalue weighted by atomic mass is 35.5. The Morgan fingerprint density at radius 1 is 1.05 bits per heavy atom. The van der Waals surface area contributed by atoms with E-state index in [-0.39, 0.29) is 6.61 Å². The first-order chi connectivity index (χ1) is 10.6. The van der Waals surface area contributed by atoms with Crippen LogP contribution >= 0.6 is 34.8 Å². The monoisotopic (exact) mass is 359 g/mol. The summed E-state index contributed by atoms with van der Waals surface area (Å²) in [5, 5.41) is 13.4. The quantitative estimate of drug-likeness (QED) is 0.573. The van der Waals surface area contributed by atoms with E-state index in [1.807, 2.05) is 0 Å².